The minimum absolute atomic E-state index is 0.394. The molecule has 2 atom stereocenters. The fraction of sp³-hybridized carbons (Fsp3) is 0.846. The quantitative estimate of drug-likeness (QED) is 0.865. The van der Waals surface area contributed by atoms with E-state index in [-0.39, 0.29) is 0 Å². The van der Waals surface area contributed by atoms with Crippen LogP contribution in [0.4, 0.5) is 0 Å². The SMILES string of the molecule is CCOC1CC(NCc2nc(C)no2)C12CCC2. The molecule has 5 nitrogen and oxygen atoms in total. The lowest BCUT2D eigenvalue weighted by Gasteiger charge is -2.61. The Balaban J connectivity index is 1.55. The van der Waals surface area contributed by atoms with Crippen LogP contribution in [0.25, 0.3) is 0 Å². The van der Waals surface area contributed by atoms with Crippen LogP contribution in [0.3, 0.4) is 0 Å². The maximum Gasteiger partial charge on any atom is 0.240 e. The van der Waals surface area contributed by atoms with Gasteiger partial charge in [-0.2, -0.15) is 4.98 Å². The number of aryl methyl sites for hydroxylation is 1. The van der Waals surface area contributed by atoms with Crippen LogP contribution >= 0.6 is 0 Å². The molecule has 1 spiro atoms. The fourth-order valence-electron chi connectivity index (χ4n) is 3.35. The second-order valence-corrected chi connectivity index (χ2v) is 5.44. The summed E-state index contributed by atoms with van der Waals surface area (Å²) < 4.78 is 11.0. The minimum atomic E-state index is 0.394. The van der Waals surface area contributed by atoms with Crippen LogP contribution in [0.2, 0.25) is 0 Å². The summed E-state index contributed by atoms with van der Waals surface area (Å²) in [5, 5.41) is 7.36. The lowest BCUT2D eigenvalue weighted by atomic mass is 9.51. The summed E-state index contributed by atoms with van der Waals surface area (Å²) in [5.41, 5.74) is 0.394. The van der Waals surface area contributed by atoms with E-state index in [9.17, 15) is 0 Å². The predicted octanol–water partition coefficient (Wildman–Crippen LogP) is 1.82. The summed E-state index contributed by atoms with van der Waals surface area (Å²) in [5.74, 6) is 1.38. The van der Waals surface area contributed by atoms with Crippen molar-refractivity contribution in [2.75, 3.05) is 6.61 Å². The molecule has 1 N–H and O–H groups in total. The second kappa shape index (κ2) is 4.63. The van der Waals surface area contributed by atoms with Crippen LogP contribution in [0.1, 0.15) is 44.3 Å². The Hall–Kier alpha value is -0.940. The zero-order valence-corrected chi connectivity index (χ0v) is 11.1. The molecule has 0 amide bonds. The Morgan fingerprint density at radius 1 is 1.50 bits per heavy atom. The molecule has 2 fully saturated rings. The van der Waals surface area contributed by atoms with Crippen molar-refractivity contribution >= 4 is 0 Å². The normalized spacial score (nSPS) is 29.0. The number of nitrogens with one attached hydrogen (secondary N) is 1. The monoisotopic (exact) mass is 251 g/mol. The number of hydrogen-bond donors (Lipinski definition) is 1. The first-order chi connectivity index (χ1) is 8.74. The molecular formula is C13H21N3O2. The van der Waals surface area contributed by atoms with Crippen LogP contribution in [0.5, 0.6) is 0 Å². The summed E-state index contributed by atoms with van der Waals surface area (Å²) in [7, 11) is 0. The van der Waals surface area contributed by atoms with Gasteiger partial charge >= 0.3 is 0 Å². The highest BCUT2D eigenvalue weighted by molar-refractivity contribution is 5.12. The van der Waals surface area contributed by atoms with Crippen LogP contribution in [-0.2, 0) is 11.3 Å². The van der Waals surface area contributed by atoms with E-state index >= 15 is 0 Å². The lowest BCUT2D eigenvalue weighted by molar-refractivity contribution is -0.173. The molecule has 1 aromatic rings. The van der Waals surface area contributed by atoms with Gasteiger partial charge in [0.15, 0.2) is 5.82 Å². The molecule has 0 bridgehead atoms. The molecule has 2 aliphatic rings. The van der Waals surface area contributed by atoms with E-state index in [1.54, 1.807) is 0 Å². The highest BCUT2D eigenvalue weighted by Gasteiger charge is 2.58. The summed E-state index contributed by atoms with van der Waals surface area (Å²) in [6, 6.07) is 0.551. The first kappa shape index (κ1) is 12.1. The van der Waals surface area contributed by atoms with Gasteiger partial charge in [0.25, 0.3) is 0 Å². The molecule has 3 rings (SSSR count). The van der Waals surface area contributed by atoms with Gasteiger partial charge in [0, 0.05) is 18.1 Å². The standard InChI is InChI=1S/C13H21N3O2/c1-3-17-11-7-10(13(11)5-4-6-13)14-8-12-15-9(2)16-18-12/h10-11,14H,3-8H2,1-2H3. The third-order valence-corrected chi connectivity index (χ3v) is 4.51. The van der Waals surface area contributed by atoms with E-state index in [2.05, 4.69) is 22.4 Å². The molecule has 0 aliphatic heterocycles. The molecule has 18 heavy (non-hydrogen) atoms. The zero-order valence-electron chi connectivity index (χ0n) is 11.1. The van der Waals surface area contributed by atoms with Gasteiger partial charge < -0.3 is 14.6 Å². The topological polar surface area (TPSA) is 60.2 Å². The molecule has 1 aromatic heterocycles. The molecule has 2 saturated carbocycles. The van der Waals surface area contributed by atoms with Crippen LogP contribution in [-0.4, -0.2) is 28.9 Å². The lowest BCUT2D eigenvalue weighted by Crippen LogP contribution is -2.66. The van der Waals surface area contributed by atoms with Crippen LogP contribution in [0, 0.1) is 12.3 Å². The molecule has 0 aromatic carbocycles. The van der Waals surface area contributed by atoms with Crippen molar-refractivity contribution in [1.29, 1.82) is 0 Å². The van der Waals surface area contributed by atoms with E-state index in [0.29, 0.717) is 35.8 Å². The first-order valence-electron chi connectivity index (χ1n) is 6.89. The zero-order chi connectivity index (χ0) is 12.6. The van der Waals surface area contributed by atoms with Gasteiger partial charge in [-0.3, -0.25) is 0 Å². The molecular weight excluding hydrogens is 230 g/mol. The summed E-state index contributed by atoms with van der Waals surface area (Å²) in [4.78, 5) is 4.22. The third-order valence-electron chi connectivity index (χ3n) is 4.51. The Bertz CT molecular complexity index is 414. The molecule has 100 valence electrons. The van der Waals surface area contributed by atoms with Crippen LogP contribution in [0.15, 0.2) is 4.52 Å². The average Bonchev–Trinajstić information content (AvgIpc) is 2.66. The number of hydrogen-bond acceptors (Lipinski definition) is 5. The van der Waals surface area contributed by atoms with Gasteiger partial charge in [-0.1, -0.05) is 11.6 Å². The Kier molecular flexibility index (Phi) is 3.11. The number of nitrogens with zero attached hydrogens (tertiary/aromatic N) is 2. The second-order valence-electron chi connectivity index (χ2n) is 5.44. The number of aromatic nitrogens is 2. The van der Waals surface area contributed by atoms with Gasteiger partial charge in [0.2, 0.25) is 5.89 Å². The van der Waals surface area contributed by atoms with E-state index in [4.69, 9.17) is 9.26 Å². The Morgan fingerprint density at radius 2 is 2.33 bits per heavy atom. The maximum atomic E-state index is 5.83. The van der Waals surface area contributed by atoms with Gasteiger partial charge in [0.05, 0.1) is 12.6 Å². The van der Waals surface area contributed by atoms with Gasteiger partial charge in [0.1, 0.15) is 0 Å². The largest absolute Gasteiger partial charge is 0.378 e. The molecule has 0 saturated heterocycles. The predicted molar refractivity (Wildman–Crippen MR) is 66.0 cm³/mol. The fourth-order valence-corrected chi connectivity index (χ4v) is 3.35. The van der Waals surface area contributed by atoms with Crippen molar-refractivity contribution in [3.8, 4) is 0 Å². The Labute approximate surface area is 107 Å². The van der Waals surface area contributed by atoms with E-state index in [1.165, 1.54) is 19.3 Å². The minimum Gasteiger partial charge on any atom is -0.378 e. The highest BCUT2D eigenvalue weighted by atomic mass is 16.5. The summed E-state index contributed by atoms with van der Waals surface area (Å²) in [6.07, 6.45) is 5.48. The van der Waals surface area contributed by atoms with Crippen molar-refractivity contribution in [3.05, 3.63) is 11.7 Å². The van der Waals surface area contributed by atoms with Crippen molar-refractivity contribution < 1.29 is 9.26 Å². The summed E-state index contributed by atoms with van der Waals surface area (Å²) in [6.45, 7) is 5.41. The molecule has 1 heterocycles. The van der Waals surface area contributed by atoms with Gasteiger partial charge in [-0.05, 0) is 33.1 Å². The Morgan fingerprint density at radius 3 is 2.89 bits per heavy atom. The van der Waals surface area contributed by atoms with Crippen molar-refractivity contribution in [2.24, 2.45) is 5.41 Å². The van der Waals surface area contributed by atoms with Crippen molar-refractivity contribution in [2.45, 2.75) is 58.2 Å². The molecule has 2 unspecified atom stereocenters. The van der Waals surface area contributed by atoms with E-state index < -0.39 is 0 Å². The third kappa shape index (κ3) is 1.86. The number of ether oxygens (including phenoxy) is 1. The van der Waals surface area contributed by atoms with Crippen molar-refractivity contribution in [1.82, 2.24) is 15.5 Å². The van der Waals surface area contributed by atoms with Gasteiger partial charge in [-0.25, -0.2) is 0 Å². The van der Waals surface area contributed by atoms with E-state index in [1.807, 2.05) is 6.92 Å². The smallest absolute Gasteiger partial charge is 0.240 e. The van der Waals surface area contributed by atoms with Crippen molar-refractivity contribution in [3.63, 3.8) is 0 Å². The van der Waals surface area contributed by atoms with E-state index in [0.717, 1.165) is 13.0 Å². The number of rotatable bonds is 5. The molecule has 0 radical (unpaired) electrons. The summed E-state index contributed by atoms with van der Waals surface area (Å²) >= 11 is 0. The van der Waals surface area contributed by atoms with Gasteiger partial charge in [-0.15, -0.1) is 0 Å². The first-order valence-corrected chi connectivity index (χ1v) is 6.89. The molecule has 2 aliphatic carbocycles. The molecule has 5 heteroatoms. The highest BCUT2D eigenvalue weighted by Crippen LogP contribution is 2.57. The maximum absolute atomic E-state index is 5.83. The van der Waals surface area contributed by atoms with Crippen LogP contribution < -0.4 is 5.32 Å². The average molecular weight is 251 g/mol.